The summed E-state index contributed by atoms with van der Waals surface area (Å²) >= 11 is 6.13. The van der Waals surface area contributed by atoms with Crippen molar-refractivity contribution in [2.45, 2.75) is 18.8 Å². The number of halogens is 1. The maximum atomic E-state index is 13.1. The number of hydrogen-bond acceptors (Lipinski definition) is 5. The van der Waals surface area contributed by atoms with E-state index < -0.39 is 24.0 Å². The average Bonchev–Trinajstić information content (AvgIpc) is 2.94. The molecule has 4 aromatic rings. The minimum absolute atomic E-state index is 0.114. The Labute approximate surface area is 226 Å². The number of para-hydroxylation sites is 1. The Morgan fingerprint density at radius 1 is 0.763 bits per heavy atom. The molecular formula is C30H27ClN2O5. The molecule has 0 aliphatic rings. The lowest BCUT2D eigenvalue weighted by Gasteiger charge is -2.21. The predicted octanol–water partition coefficient (Wildman–Crippen LogP) is 5.51. The maximum absolute atomic E-state index is 13.1. The quantitative estimate of drug-likeness (QED) is 0.238. The normalized spacial score (nSPS) is 12.3. The summed E-state index contributed by atoms with van der Waals surface area (Å²) in [6.07, 6.45) is -1.55. The van der Waals surface area contributed by atoms with Gasteiger partial charge in [-0.05, 0) is 48.0 Å². The molecule has 3 N–H and O–H groups in total. The Bertz CT molecular complexity index is 1330. The van der Waals surface area contributed by atoms with Crippen molar-refractivity contribution in [1.82, 2.24) is 5.32 Å². The zero-order valence-corrected chi connectivity index (χ0v) is 21.2. The van der Waals surface area contributed by atoms with E-state index in [0.717, 1.165) is 5.56 Å². The fourth-order valence-corrected chi connectivity index (χ4v) is 3.84. The van der Waals surface area contributed by atoms with E-state index in [1.54, 1.807) is 48.5 Å². The van der Waals surface area contributed by atoms with Gasteiger partial charge in [-0.2, -0.15) is 0 Å². The number of ether oxygens (including phenoxy) is 2. The number of carbonyl (C=O) groups excluding carboxylic acids is 2. The highest BCUT2D eigenvalue weighted by Crippen LogP contribution is 2.24. The van der Waals surface area contributed by atoms with Crippen molar-refractivity contribution in [3.05, 3.63) is 125 Å². The summed E-state index contributed by atoms with van der Waals surface area (Å²) in [7, 11) is 0. The first-order chi connectivity index (χ1) is 18.5. The number of aliphatic hydroxyl groups is 1. The second-order valence-corrected chi connectivity index (χ2v) is 8.82. The predicted molar refractivity (Wildman–Crippen MR) is 146 cm³/mol. The Morgan fingerprint density at radius 2 is 1.37 bits per heavy atom. The molecule has 0 aliphatic carbocycles. The highest BCUT2D eigenvalue weighted by atomic mass is 35.5. The summed E-state index contributed by atoms with van der Waals surface area (Å²) in [5.74, 6) is 0.0236. The first-order valence-corrected chi connectivity index (χ1v) is 12.4. The van der Waals surface area contributed by atoms with Gasteiger partial charge in [-0.1, -0.05) is 78.3 Å². The van der Waals surface area contributed by atoms with Crippen LogP contribution in [0.1, 0.15) is 17.2 Å². The van der Waals surface area contributed by atoms with E-state index in [9.17, 15) is 14.7 Å². The number of rotatable bonds is 11. The van der Waals surface area contributed by atoms with Gasteiger partial charge in [-0.15, -0.1) is 0 Å². The minimum atomic E-state index is -1.55. The first-order valence-electron chi connectivity index (χ1n) is 12.0. The molecule has 38 heavy (non-hydrogen) atoms. The van der Waals surface area contributed by atoms with Gasteiger partial charge in [0.2, 0.25) is 5.91 Å². The van der Waals surface area contributed by atoms with Gasteiger partial charge in [-0.25, -0.2) is 0 Å². The second kappa shape index (κ2) is 13.4. The summed E-state index contributed by atoms with van der Waals surface area (Å²) in [4.78, 5) is 26.0. The zero-order chi connectivity index (χ0) is 26.7. The molecule has 0 bridgehead atoms. The number of benzene rings is 4. The molecule has 7 nitrogen and oxygen atoms in total. The molecular weight excluding hydrogens is 504 g/mol. The molecule has 8 heteroatoms. The molecule has 2 amide bonds. The van der Waals surface area contributed by atoms with Gasteiger partial charge in [0.1, 0.15) is 17.5 Å². The fourth-order valence-electron chi connectivity index (χ4n) is 3.60. The van der Waals surface area contributed by atoms with Gasteiger partial charge in [0.25, 0.3) is 5.91 Å². The Balaban J connectivity index is 1.42. The number of nitrogens with one attached hydrogen (secondary N) is 2. The summed E-state index contributed by atoms with van der Waals surface area (Å²) < 4.78 is 11.5. The van der Waals surface area contributed by atoms with E-state index in [1.807, 2.05) is 60.7 Å². The molecule has 0 radical (unpaired) electrons. The van der Waals surface area contributed by atoms with E-state index in [1.165, 1.54) is 0 Å². The molecule has 0 aromatic heterocycles. The van der Waals surface area contributed by atoms with Crippen LogP contribution in [0.2, 0.25) is 5.02 Å². The van der Waals surface area contributed by atoms with Crippen LogP contribution in [0.3, 0.4) is 0 Å². The van der Waals surface area contributed by atoms with Crippen LogP contribution in [0.4, 0.5) is 5.69 Å². The molecule has 0 heterocycles. The lowest BCUT2D eigenvalue weighted by atomic mass is 10.1. The molecule has 194 valence electrons. The SMILES string of the molecule is O=C(Nc1ccc(Oc2ccccc2)cc1)C(COCc1ccccc1)NC(=O)C(O)c1ccccc1Cl. The van der Waals surface area contributed by atoms with Crippen molar-refractivity contribution in [1.29, 1.82) is 0 Å². The van der Waals surface area contributed by atoms with Gasteiger partial charge in [0.05, 0.1) is 13.2 Å². The molecule has 4 aromatic carbocycles. The summed E-state index contributed by atoms with van der Waals surface area (Å²) in [6, 6.07) is 31.0. The third kappa shape index (κ3) is 7.66. The second-order valence-electron chi connectivity index (χ2n) is 8.41. The summed E-state index contributed by atoms with van der Waals surface area (Å²) in [5.41, 5.74) is 1.66. The van der Waals surface area contributed by atoms with Crippen LogP contribution >= 0.6 is 11.6 Å². The van der Waals surface area contributed by atoms with Crippen LogP contribution in [0.15, 0.2) is 109 Å². The van der Waals surface area contributed by atoms with E-state index in [2.05, 4.69) is 10.6 Å². The highest BCUT2D eigenvalue weighted by Gasteiger charge is 2.27. The topological polar surface area (TPSA) is 96.9 Å². The zero-order valence-electron chi connectivity index (χ0n) is 20.4. The van der Waals surface area contributed by atoms with Crippen LogP contribution in [0.25, 0.3) is 0 Å². The Hall–Kier alpha value is -4.17. The standard InChI is InChI=1S/C30H27ClN2O5/c31-26-14-8-7-13-25(26)28(34)30(36)33-27(20-37-19-21-9-3-1-4-10-21)29(35)32-22-15-17-24(18-16-22)38-23-11-5-2-6-12-23/h1-18,27-28,34H,19-20H2,(H,32,35)(H,33,36). The van der Waals surface area contributed by atoms with Gasteiger partial charge in [0, 0.05) is 16.3 Å². The van der Waals surface area contributed by atoms with Crippen molar-refractivity contribution < 1.29 is 24.2 Å². The molecule has 0 saturated carbocycles. The molecule has 2 atom stereocenters. The van der Waals surface area contributed by atoms with Crippen molar-refractivity contribution in [2.75, 3.05) is 11.9 Å². The molecule has 0 spiro atoms. The van der Waals surface area contributed by atoms with E-state index >= 15 is 0 Å². The van der Waals surface area contributed by atoms with Crippen LogP contribution in [0, 0.1) is 0 Å². The van der Waals surface area contributed by atoms with Gasteiger partial charge < -0.3 is 25.2 Å². The number of amides is 2. The number of carbonyl (C=O) groups is 2. The van der Waals surface area contributed by atoms with Gasteiger partial charge >= 0.3 is 0 Å². The van der Waals surface area contributed by atoms with Gasteiger partial charge in [-0.3, -0.25) is 9.59 Å². The summed E-state index contributed by atoms with van der Waals surface area (Å²) in [6.45, 7) is 0.135. The molecule has 4 rings (SSSR count). The number of hydrogen-bond donors (Lipinski definition) is 3. The molecule has 2 unspecified atom stereocenters. The van der Waals surface area contributed by atoms with Crippen molar-refractivity contribution >= 4 is 29.1 Å². The van der Waals surface area contributed by atoms with Gasteiger partial charge in [0.15, 0.2) is 6.10 Å². The lowest BCUT2D eigenvalue weighted by Crippen LogP contribution is -2.48. The summed E-state index contributed by atoms with van der Waals surface area (Å²) in [5, 5.41) is 16.2. The monoisotopic (exact) mass is 530 g/mol. The van der Waals surface area contributed by atoms with Crippen molar-refractivity contribution in [3.63, 3.8) is 0 Å². The molecule has 0 saturated heterocycles. The average molecular weight is 531 g/mol. The Morgan fingerprint density at radius 3 is 2.05 bits per heavy atom. The minimum Gasteiger partial charge on any atom is -0.457 e. The van der Waals surface area contributed by atoms with E-state index in [0.29, 0.717) is 17.2 Å². The van der Waals surface area contributed by atoms with E-state index in [4.69, 9.17) is 21.1 Å². The number of aliphatic hydroxyl groups excluding tert-OH is 1. The molecule has 0 fully saturated rings. The molecule has 0 aliphatic heterocycles. The highest BCUT2D eigenvalue weighted by molar-refractivity contribution is 6.31. The Kier molecular flexibility index (Phi) is 9.48. The number of anilines is 1. The maximum Gasteiger partial charge on any atom is 0.254 e. The fraction of sp³-hybridized carbons (Fsp3) is 0.133. The largest absolute Gasteiger partial charge is 0.457 e. The third-order valence-corrected chi connectivity index (χ3v) is 5.92. The van der Waals surface area contributed by atoms with Crippen molar-refractivity contribution in [2.24, 2.45) is 0 Å². The van der Waals surface area contributed by atoms with Crippen molar-refractivity contribution in [3.8, 4) is 11.5 Å². The van der Waals surface area contributed by atoms with E-state index in [-0.39, 0.29) is 23.8 Å². The first kappa shape index (κ1) is 26.9. The van der Waals surface area contributed by atoms with Crippen LogP contribution in [-0.4, -0.2) is 29.6 Å². The third-order valence-electron chi connectivity index (χ3n) is 5.58. The van der Waals surface area contributed by atoms with Crippen LogP contribution in [0.5, 0.6) is 11.5 Å². The lowest BCUT2D eigenvalue weighted by molar-refractivity contribution is -0.134. The van der Waals surface area contributed by atoms with Crippen LogP contribution < -0.4 is 15.4 Å². The smallest absolute Gasteiger partial charge is 0.254 e. The van der Waals surface area contributed by atoms with Crippen LogP contribution in [-0.2, 0) is 20.9 Å².